The fourth-order valence-corrected chi connectivity index (χ4v) is 4.02. The average molecular weight is 464 g/mol. The predicted octanol–water partition coefficient (Wildman–Crippen LogP) is 4.26. The van der Waals surface area contributed by atoms with Crippen LogP contribution in [-0.4, -0.2) is 48.2 Å². The summed E-state index contributed by atoms with van der Waals surface area (Å²) in [4.78, 5) is 25.2. The van der Waals surface area contributed by atoms with E-state index in [0.717, 1.165) is 38.0 Å². The quantitative estimate of drug-likeness (QED) is 0.544. The van der Waals surface area contributed by atoms with Crippen LogP contribution in [0.25, 0.3) is 0 Å². The van der Waals surface area contributed by atoms with Gasteiger partial charge >= 0.3 is 6.09 Å². The molecular formula is C23H27ClFN3O4. The number of likely N-dealkylation sites (tertiary alicyclic amines) is 1. The molecule has 0 spiro atoms. The van der Waals surface area contributed by atoms with Gasteiger partial charge in [-0.05, 0) is 61.7 Å². The molecule has 172 valence electrons. The van der Waals surface area contributed by atoms with Crippen LogP contribution in [0, 0.1) is 11.7 Å². The number of carboxylic acid groups (broad SMARTS) is 1. The van der Waals surface area contributed by atoms with E-state index in [2.05, 4.69) is 15.5 Å². The number of carbonyl (C=O) groups is 2. The van der Waals surface area contributed by atoms with E-state index in [1.165, 1.54) is 12.1 Å². The van der Waals surface area contributed by atoms with Gasteiger partial charge in [0, 0.05) is 32.1 Å². The van der Waals surface area contributed by atoms with Crippen molar-refractivity contribution in [3.05, 3.63) is 58.9 Å². The SMILES string of the molecule is CNC(=O)CC(NC(=O)O)C1CCN(Cc2ccc(Oc3ccc(Cl)c(F)c3)cc2)CC1. The highest BCUT2D eigenvalue weighted by molar-refractivity contribution is 6.30. The number of halogens is 2. The molecule has 1 unspecified atom stereocenters. The lowest BCUT2D eigenvalue weighted by molar-refractivity contribution is -0.121. The van der Waals surface area contributed by atoms with Gasteiger partial charge in [0.2, 0.25) is 5.91 Å². The molecule has 0 aromatic heterocycles. The van der Waals surface area contributed by atoms with E-state index in [9.17, 15) is 14.0 Å². The molecule has 0 bridgehead atoms. The van der Waals surface area contributed by atoms with E-state index in [-0.39, 0.29) is 29.3 Å². The molecule has 1 saturated heterocycles. The number of hydrogen-bond acceptors (Lipinski definition) is 4. The van der Waals surface area contributed by atoms with Crippen LogP contribution in [0.2, 0.25) is 5.02 Å². The molecule has 2 aromatic carbocycles. The molecule has 9 heteroatoms. The first-order valence-electron chi connectivity index (χ1n) is 10.5. The van der Waals surface area contributed by atoms with Gasteiger partial charge in [0.25, 0.3) is 0 Å². The highest BCUT2D eigenvalue weighted by atomic mass is 35.5. The Morgan fingerprint density at radius 1 is 1.19 bits per heavy atom. The maximum Gasteiger partial charge on any atom is 0.404 e. The minimum absolute atomic E-state index is 0.0511. The summed E-state index contributed by atoms with van der Waals surface area (Å²) in [5, 5.41) is 14.2. The fourth-order valence-electron chi connectivity index (χ4n) is 3.91. The van der Waals surface area contributed by atoms with Crippen molar-refractivity contribution in [1.82, 2.24) is 15.5 Å². The summed E-state index contributed by atoms with van der Waals surface area (Å²) in [6.07, 6.45) is 0.660. The van der Waals surface area contributed by atoms with E-state index in [0.29, 0.717) is 11.5 Å². The van der Waals surface area contributed by atoms with Gasteiger partial charge in [0.05, 0.1) is 5.02 Å². The van der Waals surface area contributed by atoms with Crippen LogP contribution in [0.3, 0.4) is 0 Å². The minimum Gasteiger partial charge on any atom is -0.465 e. The Kier molecular flexibility index (Phi) is 8.30. The Labute approximate surface area is 191 Å². The lowest BCUT2D eigenvalue weighted by Crippen LogP contribution is -2.46. The number of rotatable bonds is 8. The molecule has 1 aliphatic heterocycles. The van der Waals surface area contributed by atoms with Crippen LogP contribution in [-0.2, 0) is 11.3 Å². The number of carbonyl (C=O) groups excluding carboxylic acids is 1. The third-order valence-electron chi connectivity index (χ3n) is 5.65. The summed E-state index contributed by atoms with van der Waals surface area (Å²) < 4.78 is 19.2. The Hall–Kier alpha value is -2.84. The normalized spacial score (nSPS) is 15.7. The van der Waals surface area contributed by atoms with Crippen molar-refractivity contribution >= 4 is 23.6 Å². The number of piperidine rings is 1. The van der Waals surface area contributed by atoms with Gasteiger partial charge in [-0.3, -0.25) is 9.69 Å². The Morgan fingerprint density at radius 2 is 1.84 bits per heavy atom. The molecule has 0 saturated carbocycles. The van der Waals surface area contributed by atoms with Crippen LogP contribution in [0.15, 0.2) is 42.5 Å². The molecular weight excluding hydrogens is 437 g/mol. The van der Waals surface area contributed by atoms with Crippen molar-refractivity contribution in [2.75, 3.05) is 20.1 Å². The molecule has 1 fully saturated rings. The average Bonchev–Trinajstić information content (AvgIpc) is 2.77. The monoisotopic (exact) mass is 463 g/mol. The molecule has 1 atom stereocenters. The van der Waals surface area contributed by atoms with Crippen molar-refractivity contribution in [2.24, 2.45) is 5.92 Å². The highest BCUT2D eigenvalue weighted by Gasteiger charge is 2.29. The smallest absolute Gasteiger partial charge is 0.404 e. The first-order chi connectivity index (χ1) is 15.3. The van der Waals surface area contributed by atoms with E-state index < -0.39 is 11.9 Å². The number of nitrogens with zero attached hydrogens (tertiary/aromatic N) is 1. The van der Waals surface area contributed by atoms with E-state index in [4.69, 9.17) is 21.4 Å². The molecule has 2 amide bonds. The highest BCUT2D eigenvalue weighted by Crippen LogP contribution is 2.27. The minimum atomic E-state index is -1.11. The van der Waals surface area contributed by atoms with Gasteiger partial charge in [-0.25, -0.2) is 9.18 Å². The summed E-state index contributed by atoms with van der Waals surface area (Å²) in [5.41, 5.74) is 1.11. The second-order valence-electron chi connectivity index (χ2n) is 7.87. The molecule has 0 aliphatic carbocycles. The van der Waals surface area contributed by atoms with Gasteiger partial charge in [-0.1, -0.05) is 23.7 Å². The molecule has 0 radical (unpaired) electrons. The second kappa shape index (κ2) is 11.2. The van der Waals surface area contributed by atoms with Crippen molar-refractivity contribution in [1.29, 1.82) is 0 Å². The maximum atomic E-state index is 13.6. The lowest BCUT2D eigenvalue weighted by Gasteiger charge is -2.35. The summed E-state index contributed by atoms with van der Waals surface area (Å²) in [6.45, 7) is 2.39. The molecule has 3 N–H and O–H groups in total. The van der Waals surface area contributed by atoms with Crippen molar-refractivity contribution < 1.29 is 23.8 Å². The van der Waals surface area contributed by atoms with Crippen LogP contribution < -0.4 is 15.4 Å². The third-order valence-corrected chi connectivity index (χ3v) is 5.96. The number of benzene rings is 2. The summed E-state index contributed by atoms with van der Waals surface area (Å²) in [5.74, 6) is 0.402. The number of ether oxygens (including phenoxy) is 1. The summed E-state index contributed by atoms with van der Waals surface area (Å²) in [7, 11) is 1.55. The first-order valence-corrected chi connectivity index (χ1v) is 10.9. The van der Waals surface area contributed by atoms with Crippen molar-refractivity contribution in [3.63, 3.8) is 0 Å². The molecule has 1 aliphatic rings. The topological polar surface area (TPSA) is 90.9 Å². The molecule has 1 heterocycles. The van der Waals surface area contributed by atoms with Gasteiger partial charge in [-0.2, -0.15) is 0 Å². The van der Waals surface area contributed by atoms with Crippen molar-refractivity contribution in [3.8, 4) is 11.5 Å². The second-order valence-corrected chi connectivity index (χ2v) is 8.28. The largest absolute Gasteiger partial charge is 0.465 e. The molecule has 7 nitrogen and oxygen atoms in total. The Bertz CT molecular complexity index is 933. The lowest BCUT2D eigenvalue weighted by atomic mass is 9.87. The number of amides is 2. The zero-order valence-corrected chi connectivity index (χ0v) is 18.6. The first kappa shape index (κ1) is 23.8. The third kappa shape index (κ3) is 6.83. The molecule has 2 aromatic rings. The van der Waals surface area contributed by atoms with Crippen LogP contribution >= 0.6 is 11.6 Å². The zero-order valence-electron chi connectivity index (χ0n) is 17.8. The van der Waals surface area contributed by atoms with Gasteiger partial charge in [-0.15, -0.1) is 0 Å². The molecule has 3 rings (SSSR count). The zero-order chi connectivity index (χ0) is 23.1. The van der Waals surface area contributed by atoms with Gasteiger partial charge in [0.15, 0.2) is 0 Å². The number of hydrogen-bond donors (Lipinski definition) is 3. The summed E-state index contributed by atoms with van der Waals surface area (Å²) in [6, 6.07) is 11.5. The van der Waals surface area contributed by atoms with Crippen LogP contribution in [0.4, 0.5) is 9.18 Å². The van der Waals surface area contributed by atoms with Crippen LogP contribution in [0.5, 0.6) is 11.5 Å². The van der Waals surface area contributed by atoms with E-state index >= 15 is 0 Å². The molecule has 32 heavy (non-hydrogen) atoms. The summed E-state index contributed by atoms with van der Waals surface area (Å²) >= 11 is 5.69. The maximum absolute atomic E-state index is 13.6. The standard InChI is InChI=1S/C23H27ClFN3O4/c1-26-22(29)13-21(27-23(30)31)16-8-10-28(11-9-16)14-15-2-4-17(5-3-15)32-18-6-7-19(24)20(25)12-18/h2-7,12,16,21,27H,8-11,13-14H2,1H3,(H,26,29)(H,30,31). The Balaban J connectivity index is 1.51. The van der Waals surface area contributed by atoms with E-state index in [1.54, 1.807) is 13.1 Å². The predicted molar refractivity (Wildman–Crippen MR) is 120 cm³/mol. The van der Waals surface area contributed by atoms with E-state index in [1.807, 2.05) is 24.3 Å². The fraction of sp³-hybridized carbons (Fsp3) is 0.391. The van der Waals surface area contributed by atoms with Gasteiger partial charge < -0.3 is 20.5 Å². The van der Waals surface area contributed by atoms with Crippen molar-refractivity contribution in [2.45, 2.75) is 31.8 Å². The number of nitrogens with one attached hydrogen (secondary N) is 2. The van der Waals surface area contributed by atoms with Gasteiger partial charge in [0.1, 0.15) is 17.3 Å². The van der Waals surface area contributed by atoms with Crippen LogP contribution in [0.1, 0.15) is 24.8 Å². The Morgan fingerprint density at radius 3 is 2.44 bits per heavy atom.